The first-order valence-electron chi connectivity index (χ1n) is 4.76. The highest BCUT2D eigenvalue weighted by atomic mass is 32.2. The summed E-state index contributed by atoms with van der Waals surface area (Å²) in [6.07, 6.45) is 2.38. The molecule has 0 N–H and O–H groups in total. The zero-order valence-corrected chi connectivity index (χ0v) is 10.4. The van der Waals surface area contributed by atoms with E-state index in [-0.39, 0.29) is 5.91 Å². The SMILES string of the molecule is C=CCN1CC(CSC(=S)OC)CC1=O. The number of nitrogens with zero attached hydrogens (tertiary/aromatic N) is 1. The molecule has 0 spiro atoms. The van der Waals surface area contributed by atoms with Crippen molar-refractivity contribution in [3.05, 3.63) is 12.7 Å². The first-order valence-corrected chi connectivity index (χ1v) is 6.16. The minimum atomic E-state index is 0.212. The van der Waals surface area contributed by atoms with Crippen LogP contribution in [0.4, 0.5) is 0 Å². The first-order chi connectivity index (χ1) is 7.17. The molecule has 0 aromatic heterocycles. The second-order valence-electron chi connectivity index (χ2n) is 3.42. The lowest BCUT2D eigenvalue weighted by Gasteiger charge is -2.13. The van der Waals surface area contributed by atoms with Crippen molar-refractivity contribution >= 4 is 34.3 Å². The smallest absolute Gasteiger partial charge is 0.223 e. The van der Waals surface area contributed by atoms with Crippen molar-refractivity contribution in [2.75, 3.05) is 26.0 Å². The summed E-state index contributed by atoms with van der Waals surface area (Å²) in [5, 5.41) is 0. The number of hydrogen-bond acceptors (Lipinski definition) is 4. The maximum absolute atomic E-state index is 11.5. The van der Waals surface area contributed by atoms with E-state index in [4.69, 9.17) is 17.0 Å². The first kappa shape index (κ1) is 12.5. The molecular weight excluding hydrogens is 230 g/mol. The molecule has 1 saturated heterocycles. The molecule has 1 unspecified atom stereocenters. The molecule has 1 aliphatic rings. The predicted octanol–water partition coefficient (Wildman–Crippen LogP) is 1.69. The summed E-state index contributed by atoms with van der Waals surface area (Å²) in [4.78, 5) is 13.3. The predicted molar refractivity (Wildman–Crippen MR) is 66.9 cm³/mol. The Morgan fingerprint density at radius 1 is 1.87 bits per heavy atom. The van der Waals surface area contributed by atoms with Gasteiger partial charge in [0.2, 0.25) is 10.3 Å². The number of likely N-dealkylation sites (tertiary alicyclic amines) is 1. The van der Waals surface area contributed by atoms with Gasteiger partial charge in [-0.3, -0.25) is 4.79 Å². The maximum atomic E-state index is 11.5. The second kappa shape index (κ2) is 6.12. The number of rotatable bonds is 4. The van der Waals surface area contributed by atoms with Crippen molar-refractivity contribution in [2.24, 2.45) is 5.92 Å². The molecular formula is C10H15NO2S2. The van der Waals surface area contributed by atoms with Crippen LogP contribution in [0.15, 0.2) is 12.7 Å². The maximum Gasteiger partial charge on any atom is 0.223 e. The van der Waals surface area contributed by atoms with E-state index in [0.29, 0.717) is 23.3 Å². The van der Waals surface area contributed by atoms with Gasteiger partial charge in [0.1, 0.15) is 0 Å². The van der Waals surface area contributed by atoms with Crippen molar-refractivity contribution in [1.29, 1.82) is 0 Å². The molecule has 1 amide bonds. The third-order valence-electron chi connectivity index (χ3n) is 2.25. The molecule has 1 rings (SSSR count). The molecule has 84 valence electrons. The van der Waals surface area contributed by atoms with Crippen molar-refractivity contribution in [1.82, 2.24) is 4.90 Å². The summed E-state index contributed by atoms with van der Waals surface area (Å²) in [5.41, 5.74) is 0. The van der Waals surface area contributed by atoms with Gasteiger partial charge in [-0.15, -0.1) is 6.58 Å². The number of hydrogen-bond donors (Lipinski definition) is 0. The van der Waals surface area contributed by atoms with Gasteiger partial charge in [0.25, 0.3) is 0 Å². The zero-order chi connectivity index (χ0) is 11.3. The second-order valence-corrected chi connectivity index (χ2v) is 5.04. The average Bonchev–Trinajstić information content (AvgIpc) is 2.57. The third kappa shape index (κ3) is 3.83. The zero-order valence-electron chi connectivity index (χ0n) is 8.77. The lowest BCUT2D eigenvalue weighted by atomic mass is 10.1. The summed E-state index contributed by atoms with van der Waals surface area (Å²) in [6.45, 7) is 5.09. The van der Waals surface area contributed by atoms with Gasteiger partial charge in [-0.1, -0.05) is 17.8 Å². The molecule has 0 aromatic rings. The summed E-state index contributed by atoms with van der Waals surface area (Å²) >= 11 is 6.43. The van der Waals surface area contributed by atoms with Gasteiger partial charge < -0.3 is 9.64 Å². The van der Waals surface area contributed by atoms with E-state index in [1.807, 2.05) is 4.90 Å². The van der Waals surface area contributed by atoms with Crippen molar-refractivity contribution in [3.8, 4) is 0 Å². The minimum Gasteiger partial charge on any atom is -0.482 e. The van der Waals surface area contributed by atoms with Crippen LogP contribution in [0.2, 0.25) is 0 Å². The summed E-state index contributed by atoms with van der Waals surface area (Å²) in [5.74, 6) is 1.45. The van der Waals surface area contributed by atoms with E-state index in [1.165, 1.54) is 11.8 Å². The van der Waals surface area contributed by atoms with Crippen LogP contribution < -0.4 is 0 Å². The molecule has 1 heterocycles. The lowest BCUT2D eigenvalue weighted by molar-refractivity contribution is -0.127. The largest absolute Gasteiger partial charge is 0.482 e. The molecule has 5 heteroatoms. The van der Waals surface area contributed by atoms with Crippen molar-refractivity contribution < 1.29 is 9.53 Å². The van der Waals surface area contributed by atoms with Gasteiger partial charge in [0, 0.05) is 25.3 Å². The van der Waals surface area contributed by atoms with Gasteiger partial charge in [0.15, 0.2) is 0 Å². The Labute approximate surface area is 99.8 Å². The Kier molecular flexibility index (Phi) is 5.11. The molecule has 1 atom stereocenters. The highest BCUT2D eigenvalue weighted by molar-refractivity contribution is 8.22. The van der Waals surface area contributed by atoms with Crippen LogP contribution in [0.5, 0.6) is 0 Å². The van der Waals surface area contributed by atoms with E-state index in [9.17, 15) is 4.79 Å². The monoisotopic (exact) mass is 245 g/mol. The van der Waals surface area contributed by atoms with E-state index in [1.54, 1.807) is 13.2 Å². The van der Waals surface area contributed by atoms with Crippen LogP contribution in [0.3, 0.4) is 0 Å². The summed E-state index contributed by atoms with van der Waals surface area (Å²) in [7, 11) is 1.57. The molecule has 15 heavy (non-hydrogen) atoms. The average molecular weight is 245 g/mol. The minimum absolute atomic E-state index is 0.212. The Hall–Kier alpha value is -0.550. The quantitative estimate of drug-likeness (QED) is 0.557. The third-order valence-corrected chi connectivity index (χ3v) is 3.81. The van der Waals surface area contributed by atoms with Gasteiger partial charge in [0.05, 0.1) is 7.11 Å². The number of ether oxygens (including phenoxy) is 1. The van der Waals surface area contributed by atoms with E-state index in [0.717, 1.165) is 12.3 Å². The Morgan fingerprint density at radius 2 is 2.60 bits per heavy atom. The molecule has 0 bridgehead atoms. The van der Waals surface area contributed by atoms with Crippen LogP contribution in [0, 0.1) is 5.92 Å². The van der Waals surface area contributed by atoms with Crippen LogP contribution in [-0.2, 0) is 9.53 Å². The number of thioether (sulfide) groups is 1. The Balaban J connectivity index is 2.31. The fraction of sp³-hybridized carbons (Fsp3) is 0.600. The van der Waals surface area contributed by atoms with Gasteiger partial charge in [-0.25, -0.2) is 0 Å². The van der Waals surface area contributed by atoms with Crippen LogP contribution in [-0.4, -0.2) is 41.1 Å². The number of carbonyl (C=O) groups is 1. The van der Waals surface area contributed by atoms with E-state index < -0.39 is 0 Å². The van der Waals surface area contributed by atoms with Gasteiger partial charge >= 0.3 is 0 Å². The number of carbonyl (C=O) groups excluding carboxylic acids is 1. The van der Waals surface area contributed by atoms with E-state index >= 15 is 0 Å². The standard InChI is InChI=1S/C10H15NO2S2/c1-3-4-11-6-8(5-9(11)12)7-15-10(14)13-2/h3,8H,1,4-7H2,2H3. The van der Waals surface area contributed by atoms with Crippen LogP contribution in [0.1, 0.15) is 6.42 Å². The molecule has 0 saturated carbocycles. The fourth-order valence-electron chi connectivity index (χ4n) is 1.54. The van der Waals surface area contributed by atoms with Crippen LogP contribution in [0.25, 0.3) is 0 Å². The van der Waals surface area contributed by atoms with Crippen molar-refractivity contribution in [3.63, 3.8) is 0 Å². The highest BCUT2D eigenvalue weighted by Crippen LogP contribution is 2.22. The molecule has 0 radical (unpaired) electrons. The Bertz CT molecular complexity index is 268. The fourth-order valence-corrected chi connectivity index (χ4v) is 2.46. The number of amides is 1. The van der Waals surface area contributed by atoms with Crippen LogP contribution >= 0.6 is 24.0 Å². The topological polar surface area (TPSA) is 29.5 Å². The highest BCUT2D eigenvalue weighted by Gasteiger charge is 2.28. The lowest BCUT2D eigenvalue weighted by Crippen LogP contribution is -2.25. The molecule has 0 aliphatic carbocycles. The van der Waals surface area contributed by atoms with Crippen molar-refractivity contribution in [2.45, 2.75) is 6.42 Å². The summed E-state index contributed by atoms with van der Waals surface area (Å²) in [6, 6.07) is 0. The van der Waals surface area contributed by atoms with Gasteiger partial charge in [-0.2, -0.15) is 0 Å². The Morgan fingerprint density at radius 3 is 3.20 bits per heavy atom. The molecule has 0 aromatic carbocycles. The molecule has 1 aliphatic heterocycles. The van der Waals surface area contributed by atoms with E-state index in [2.05, 4.69) is 6.58 Å². The number of thiocarbonyl (C=S) groups is 1. The van der Waals surface area contributed by atoms with Gasteiger partial charge in [-0.05, 0) is 18.1 Å². The normalized spacial score (nSPS) is 20.5. The molecule has 1 fully saturated rings. The molecule has 3 nitrogen and oxygen atoms in total. The summed E-state index contributed by atoms with van der Waals surface area (Å²) < 4.78 is 5.44. The number of methoxy groups -OCH3 is 1.